The number of benzene rings is 1. The van der Waals surface area contributed by atoms with Crippen LogP contribution in [0.4, 0.5) is 13.2 Å². The standard InChI is InChI=1S/C14H10F3NO3/c1-20-10-2-3-12(21-14(15,16)17)11(8-10)13(19)9-4-6-18-7-5-9/h2-8H,1H3. The van der Waals surface area contributed by atoms with E-state index in [1.807, 2.05) is 0 Å². The van der Waals surface area contributed by atoms with Crippen molar-refractivity contribution in [1.82, 2.24) is 4.98 Å². The fraction of sp³-hybridized carbons (Fsp3) is 0.143. The lowest BCUT2D eigenvalue weighted by molar-refractivity contribution is -0.274. The highest BCUT2D eigenvalue weighted by Gasteiger charge is 2.33. The van der Waals surface area contributed by atoms with Crippen molar-refractivity contribution < 1.29 is 27.4 Å². The van der Waals surface area contributed by atoms with E-state index in [2.05, 4.69) is 9.72 Å². The fourth-order valence-electron chi connectivity index (χ4n) is 1.69. The SMILES string of the molecule is COc1ccc(OC(F)(F)F)c(C(=O)c2ccncc2)c1. The molecule has 0 aliphatic heterocycles. The van der Waals surface area contributed by atoms with E-state index in [9.17, 15) is 18.0 Å². The van der Waals surface area contributed by atoms with E-state index < -0.39 is 17.9 Å². The third kappa shape index (κ3) is 3.71. The number of ketones is 1. The summed E-state index contributed by atoms with van der Waals surface area (Å²) in [7, 11) is 1.35. The molecule has 0 saturated heterocycles. The van der Waals surface area contributed by atoms with Crippen molar-refractivity contribution in [2.24, 2.45) is 0 Å². The third-order valence-electron chi connectivity index (χ3n) is 2.60. The Kier molecular flexibility index (Phi) is 4.11. The van der Waals surface area contributed by atoms with Crippen LogP contribution >= 0.6 is 0 Å². The second kappa shape index (κ2) is 5.82. The number of hydrogen-bond acceptors (Lipinski definition) is 4. The molecule has 0 amide bonds. The summed E-state index contributed by atoms with van der Waals surface area (Å²) in [5, 5.41) is 0. The second-order valence-electron chi connectivity index (χ2n) is 3.97. The summed E-state index contributed by atoms with van der Waals surface area (Å²) >= 11 is 0. The average Bonchev–Trinajstić information content (AvgIpc) is 2.46. The highest BCUT2D eigenvalue weighted by molar-refractivity contribution is 6.10. The van der Waals surface area contributed by atoms with Gasteiger partial charge in [0.2, 0.25) is 0 Å². The van der Waals surface area contributed by atoms with Gasteiger partial charge in [-0.2, -0.15) is 0 Å². The Bertz CT molecular complexity index is 642. The van der Waals surface area contributed by atoms with Crippen LogP contribution in [0.1, 0.15) is 15.9 Å². The zero-order chi connectivity index (χ0) is 15.5. The van der Waals surface area contributed by atoms with Crippen LogP contribution in [0.3, 0.4) is 0 Å². The second-order valence-corrected chi connectivity index (χ2v) is 3.97. The van der Waals surface area contributed by atoms with Crippen LogP contribution < -0.4 is 9.47 Å². The zero-order valence-corrected chi connectivity index (χ0v) is 10.8. The number of alkyl halides is 3. The molecular weight excluding hydrogens is 287 g/mol. The molecular formula is C14H10F3NO3. The van der Waals surface area contributed by atoms with Gasteiger partial charge in [0.25, 0.3) is 0 Å². The normalized spacial score (nSPS) is 11.0. The predicted molar refractivity (Wildman–Crippen MR) is 67.3 cm³/mol. The lowest BCUT2D eigenvalue weighted by Crippen LogP contribution is -2.19. The number of halogens is 3. The van der Waals surface area contributed by atoms with Crippen LogP contribution in [-0.2, 0) is 0 Å². The van der Waals surface area contributed by atoms with Crippen molar-refractivity contribution in [3.8, 4) is 11.5 Å². The first kappa shape index (κ1) is 14.8. The van der Waals surface area contributed by atoms with Gasteiger partial charge in [-0.15, -0.1) is 13.2 Å². The Morgan fingerprint density at radius 1 is 1.14 bits per heavy atom. The van der Waals surface area contributed by atoms with Gasteiger partial charge >= 0.3 is 6.36 Å². The van der Waals surface area contributed by atoms with Gasteiger partial charge in [0.15, 0.2) is 5.78 Å². The number of rotatable bonds is 4. The van der Waals surface area contributed by atoms with E-state index >= 15 is 0 Å². The number of ether oxygens (including phenoxy) is 2. The van der Waals surface area contributed by atoms with Gasteiger partial charge < -0.3 is 9.47 Å². The molecule has 2 aromatic rings. The smallest absolute Gasteiger partial charge is 0.497 e. The highest BCUT2D eigenvalue weighted by atomic mass is 19.4. The first-order valence-electron chi connectivity index (χ1n) is 5.79. The van der Waals surface area contributed by atoms with Gasteiger partial charge in [0, 0.05) is 18.0 Å². The molecule has 110 valence electrons. The van der Waals surface area contributed by atoms with E-state index in [0.717, 1.165) is 6.07 Å². The summed E-state index contributed by atoms with van der Waals surface area (Å²) in [5.41, 5.74) is -0.0387. The molecule has 0 saturated carbocycles. The van der Waals surface area contributed by atoms with Gasteiger partial charge in [-0.05, 0) is 30.3 Å². The third-order valence-corrected chi connectivity index (χ3v) is 2.60. The van der Waals surface area contributed by atoms with Crippen LogP contribution in [0, 0.1) is 0 Å². The molecule has 2 rings (SSSR count). The molecule has 1 aromatic heterocycles. The minimum atomic E-state index is -4.89. The van der Waals surface area contributed by atoms with Gasteiger partial charge in [-0.25, -0.2) is 0 Å². The Hall–Kier alpha value is -2.57. The van der Waals surface area contributed by atoms with Crippen LogP contribution in [0.5, 0.6) is 11.5 Å². The van der Waals surface area contributed by atoms with Crippen molar-refractivity contribution in [3.05, 3.63) is 53.9 Å². The Morgan fingerprint density at radius 2 is 1.81 bits per heavy atom. The molecule has 1 aromatic carbocycles. The molecule has 0 atom stereocenters. The largest absolute Gasteiger partial charge is 0.573 e. The van der Waals surface area contributed by atoms with Crippen LogP contribution in [-0.4, -0.2) is 24.2 Å². The van der Waals surface area contributed by atoms with Gasteiger partial charge in [0.05, 0.1) is 12.7 Å². The fourth-order valence-corrected chi connectivity index (χ4v) is 1.69. The van der Waals surface area contributed by atoms with Gasteiger partial charge in [-0.3, -0.25) is 9.78 Å². The molecule has 0 bridgehead atoms. The van der Waals surface area contributed by atoms with E-state index in [-0.39, 0.29) is 16.9 Å². The summed E-state index contributed by atoms with van der Waals surface area (Å²) in [5.74, 6) is -0.942. The summed E-state index contributed by atoms with van der Waals surface area (Å²) in [6.45, 7) is 0. The van der Waals surface area contributed by atoms with E-state index in [0.29, 0.717) is 0 Å². The maximum atomic E-state index is 12.4. The number of aromatic nitrogens is 1. The van der Waals surface area contributed by atoms with Crippen molar-refractivity contribution in [1.29, 1.82) is 0 Å². The Balaban J connectivity index is 2.46. The Morgan fingerprint density at radius 3 is 2.38 bits per heavy atom. The minimum absolute atomic E-state index is 0.199. The van der Waals surface area contributed by atoms with Crippen molar-refractivity contribution in [2.45, 2.75) is 6.36 Å². The maximum Gasteiger partial charge on any atom is 0.573 e. The molecule has 0 unspecified atom stereocenters. The Labute approximate surface area is 118 Å². The zero-order valence-electron chi connectivity index (χ0n) is 10.8. The predicted octanol–water partition coefficient (Wildman–Crippen LogP) is 3.22. The molecule has 4 nitrogen and oxygen atoms in total. The number of methoxy groups -OCH3 is 1. The number of hydrogen-bond donors (Lipinski definition) is 0. The first-order valence-corrected chi connectivity index (χ1v) is 5.79. The topological polar surface area (TPSA) is 48.4 Å². The highest BCUT2D eigenvalue weighted by Crippen LogP contribution is 2.31. The monoisotopic (exact) mass is 297 g/mol. The van der Waals surface area contributed by atoms with E-state index in [1.54, 1.807) is 0 Å². The molecule has 0 N–H and O–H groups in total. The number of carbonyl (C=O) groups excluding carboxylic acids is 1. The molecule has 7 heteroatoms. The number of pyridine rings is 1. The van der Waals surface area contributed by atoms with Crippen molar-refractivity contribution >= 4 is 5.78 Å². The summed E-state index contributed by atoms with van der Waals surface area (Å²) in [4.78, 5) is 16.0. The van der Waals surface area contributed by atoms with Crippen molar-refractivity contribution in [3.63, 3.8) is 0 Å². The summed E-state index contributed by atoms with van der Waals surface area (Å²) in [6.07, 6.45) is -2.14. The minimum Gasteiger partial charge on any atom is -0.497 e. The van der Waals surface area contributed by atoms with E-state index in [1.165, 1.54) is 43.8 Å². The van der Waals surface area contributed by atoms with Crippen LogP contribution in [0.15, 0.2) is 42.7 Å². The van der Waals surface area contributed by atoms with Crippen molar-refractivity contribution in [2.75, 3.05) is 7.11 Å². The molecule has 0 aliphatic carbocycles. The summed E-state index contributed by atoms with van der Waals surface area (Å²) in [6, 6.07) is 6.33. The summed E-state index contributed by atoms with van der Waals surface area (Å²) < 4.78 is 46.0. The number of nitrogens with zero attached hydrogens (tertiary/aromatic N) is 1. The first-order chi connectivity index (χ1) is 9.90. The molecule has 21 heavy (non-hydrogen) atoms. The lowest BCUT2D eigenvalue weighted by Gasteiger charge is -2.13. The van der Waals surface area contributed by atoms with Gasteiger partial charge in [-0.1, -0.05) is 0 Å². The molecule has 1 heterocycles. The number of carbonyl (C=O) groups is 1. The molecule has 0 aliphatic rings. The quantitative estimate of drug-likeness (QED) is 0.813. The average molecular weight is 297 g/mol. The molecule has 0 spiro atoms. The van der Waals surface area contributed by atoms with E-state index in [4.69, 9.17) is 4.74 Å². The van der Waals surface area contributed by atoms with Gasteiger partial charge in [0.1, 0.15) is 11.5 Å². The van der Waals surface area contributed by atoms with Crippen LogP contribution in [0.25, 0.3) is 0 Å². The maximum absolute atomic E-state index is 12.4. The molecule has 0 radical (unpaired) electrons. The lowest BCUT2D eigenvalue weighted by atomic mass is 10.0. The molecule has 0 fully saturated rings. The van der Waals surface area contributed by atoms with Crippen LogP contribution in [0.2, 0.25) is 0 Å².